The summed E-state index contributed by atoms with van der Waals surface area (Å²) in [7, 11) is 0. The molecule has 1 aliphatic carbocycles. The van der Waals surface area contributed by atoms with Crippen molar-refractivity contribution in [1.29, 1.82) is 0 Å². The monoisotopic (exact) mass is 460 g/mol. The second-order valence-corrected chi connectivity index (χ2v) is 9.34. The number of carbonyl (C=O) groups is 2. The third-order valence-corrected chi connectivity index (χ3v) is 6.69. The van der Waals surface area contributed by atoms with Crippen molar-refractivity contribution >= 4 is 28.6 Å². The molecule has 0 fully saturated rings. The van der Waals surface area contributed by atoms with Crippen molar-refractivity contribution in [1.82, 2.24) is 0 Å². The van der Waals surface area contributed by atoms with E-state index >= 15 is 0 Å². The van der Waals surface area contributed by atoms with Crippen LogP contribution in [0, 0.1) is 27.7 Å². The van der Waals surface area contributed by atoms with Gasteiger partial charge in [-0.05, 0) is 62.6 Å². The first-order valence-corrected chi connectivity index (χ1v) is 11.8. The van der Waals surface area contributed by atoms with Crippen LogP contribution in [0.4, 0.5) is 17.1 Å². The number of hydrogen-bond donors (Lipinski definition) is 2. The number of nitrogens with one attached hydrogen (secondary N) is 2. The smallest absolute Gasteiger partial charge is 0.196 e. The lowest BCUT2D eigenvalue weighted by Crippen LogP contribution is -2.24. The minimum Gasteiger partial charge on any atom is -0.380 e. The van der Waals surface area contributed by atoms with Gasteiger partial charge >= 0.3 is 0 Å². The van der Waals surface area contributed by atoms with Crippen LogP contribution in [0.1, 0.15) is 59.7 Å². The Labute approximate surface area is 206 Å². The van der Waals surface area contributed by atoms with Crippen molar-refractivity contribution in [2.24, 2.45) is 0 Å². The van der Waals surface area contributed by atoms with E-state index in [9.17, 15) is 9.59 Å². The minimum absolute atomic E-state index is 0.136. The van der Waals surface area contributed by atoms with Gasteiger partial charge in [0.05, 0.1) is 16.8 Å². The van der Waals surface area contributed by atoms with Crippen molar-refractivity contribution in [3.8, 4) is 0 Å². The predicted octanol–water partition coefficient (Wildman–Crippen LogP) is 7.05. The summed E-state index contributed by atoms with van der Waals surface area (Å²) in [4.78, 5) is 27.4. The Bertz CT molecular complexity index is 1500. The van der Waals surface area contributed by atoms with Crippen LogP contribution in [0.3, 0.4) is 0 Å². The first-order valence-electron chi connectivity index (χ1n) is 11.8. The van der Waals surface area contributed by atoms with E-state index in [1.165, 1.54) is 16.7 Å². The highest BCUT2D eigenvalue weighted by Gasteiger charge is 2.34. The molecule has 0 saturated carbocycles. The van der Waals surface area contributed by atoms with Crippen LogP contribution in [-0.4, -0.2) is 11.6 Å². The SMILES string of the molecule is Cc1ccc(CNc2ccc(Nc3ccc(C)cc3C)c3c2C(=O)c2ccccc2C3=O)c(C)c1. The molecule has 0 unspecified atom stereocenters. The van der Waals surface area contributed by atoms with Gasteiger partial charge in [0.1, 0.15) is 0 Å². The molecule has 35 heavy (non-hydrogen) atoms. The van der Waals surface area contributed by atoms with Gasteiger partial charge in [0.25, 0.3) is 0 Å². The molecule has 0 radical (unpaired) electrons. The van der Waals surface area contributed by atoms with E-state index in [0.29, 0.717) is 40.2 Å². The molecule has 0 spiro atoms. The number of hydrogen-bond acceptors (Lipinski definition) is 4. The molecule has 0 heterocycles. The van der Waals surface area contributed by atoms with Gasteiger partial charge in [0.15, 0.2) is 11.6 Å². The van der Waals surface area contributed by atoms with Crippen LogP contribution in [0.5, 0.6) is 0 Å². The van der Waals surface area contributed by atoms with Crippen LogP contribution in [-0.2, 0) is 6.54 Å². The molecule has 4 aromatic rings. The molecule has 0 aromatic heterocycles. The summed E-state index contributed by atoms with van der Waals surface area (Å²) in [6.07, 6.45) is 0. The lowest BCUT2D eigenvalue weighted by molar-refractivity contribution is 0.0980. The van der Waals surface area contributed by atoms with Gasteiger partial charge in [0.2, 0.25) is 0 Å². The first-order chi connectivity index (χ1) is 16.8. The van der Waals surface area contributed by atoms with Gasteiger partial charge in [-0.2, -0.15) is 0 Å². The molecular formula is C31H28N2O2. The fourth-order valence-corrected chi connectivity index (χ4v) is 4.81. The molecule has 0 aliphatic heterocycles. The zero-order valence-electron chi connectivity index (χ0n) is 20.5. The summed E-state index contributed by atoms with van der Waals surface area (Å²) in [5, 5.41) is 6.87. The summed E-state index contributed by atoms with van der Waals surface area (Å²) in [5.41, 5.74) is 9.73. The molecule has 0 atom stereocenters. The maximum absolute atomic E-state index is 13.7. The number of aryl methyl sites for hydroxylation is 4. The number of ketones is 2. The average molecular weight is 461 g/mol. The maximum atomic E-state index is 13.7. The lowest BCUT2D eigenvalue weighted by Gasteiger charge is -2.24. The Morgan fingerprint density at radius 1 is 0.600 bits per heavy atom. The van der Waals surface area contributed by atoms with E-state index in [0.717, 1.165) is 16.8 Å². The van der Waals surface area contributed by atoms with Gasteiger partial charge in [-0.25, -0.2) is 0 Å². The normalized spacial score (nSPS) is 12.2. The molecule has 2 N–H and O–H groups in total. The molecule has 5 rings (SSSR count). The molecule has 174 valence electrons. The maximum Gasteiger partial charge on any atom is 0.196 e. The summed E-state index contributed by atoms with van der Waals surface area (Å²) < 4.78 is 0. The van der Waals surface area contributed by atoms with E-state index in [4.69, 9.17) is 0 Å². The quantitative estimate of drug-likeness (QED) is 0.295. The van der Waals surface area contributed by atoms with Gasteiger partial charge in [-0.3, -0.25) is 9.59 Å². The number of fused-ring (bicyclic) bond motifs is 2. The molecule has 1 aliphatic rings. The lowest BCUT2D eigenvalue weighted by atomic mass is 9.82. The molecule has 0 saturated heterocycles. The summed E-state index contributed by atoms with van der Waals surface area (Å²) in [6.45, 7) is 8.80. The topological polar surface area (TPSA) is 58.2 Å². The van der Waals surface area contributed by atoms with E-state index in [2.05, 4.69) is 48.7 Å². The largest absolute Gasteiger partial charge is 0.380 e. The molecule has 4 nitrogen and oxygen atoms in total. The van der Waals surface area contributed by atoms with E-state index in [1.54, 1.807) is 24.3 Å². The van der Waals surface area contributed by atoms with Crippen LogP contribution in [0.25, 0.3) is 0 Å². The fraction of sp³-hybridized carbons (Fsp3) is 0.161. The highest BCUT2D eigenvalue weighted by atomic mass is 16.1. The van der Waals surface area contributed by atoms with Crippen LogP contribution in [0.2, 0.25) is 0 Å². The first kappa shape index (κ1) is 22.6. The van der Waals surface area contributed by atoms with Crippen LogP contribution >= 0.6 is 0 Å². The van der Waals surface area contributed by atoms with Crippen molar-refractivity contribution in [2.45, 2.75) is 34.2 Å². The number of anilines is 3. The number of benzene rings is 4. The minimum atomic E-state index is -0.141. The Hall–Kier alpha value is -4.18. The third-order valence-electron chi connectivity index (χ3n) is 6.69. The molecule has 4 heteroatoms. The van der Waals surface area contributed by atoms with Crippen molar-refractivity contribution in [3.05, 3.63) is 123 Å². The highest BCUT2D eigenvalue weighted by Crippen LogP contribution is 2.38. The van der Waals surface area contributed by atoms with Gasteiger partial charge in [-0.1, -0.05) is 65.7 Å². The second kappa shape index (κ2) is 8.88. The Morgan fingerprint density at radius 3 is 1.77 bits per heavy atom. The Balaban J connectivity index is 1.60. The molecule has 4 aromatic carbocycles. The van der Waals surface area contributed by atoms with Crippen LogP contribution < -0.4 is 10.6 Å². The van der Waals surface area contributed by atoms with Gasteiger partial charge in [0, 0.05) is 29.0 Å². The number of carbonyl (C=O) groups excluding carboxylic acids is 2. The van der Waals surface area contributed by atoms with E-state index in [-0.39, 0.29) is 11.6 Å². The Morgan fingerprint density at radius 2 is 1.14 bits per heavy atom. The molecular weight excluding hydrogens is 432 g/mol. The highest BCUT2D eigenvalue weighted by molar-refractivity contribution is 6.32. The third kappa shape index (κ3) is 4.12. The summed E-state index contributed by atoms with van der Waals surface area (Å²) in [6, 6.07) is 23.3. The molecule has 0 bridgehead atoms. The van der Waals surface area contributed by atoms with Crippen molar-refractivity contribution in [3.63, 3.8) is 0 Å². The summed E-state index contributed by atoms with van der Waals surface area (Å²) in [5.74, 6) is -0.278. The zero-order chi connectivity index (χ0) is 24.7. The van der Waals surface area contributed by atoms with E-state index in [1.807, 2.05) is 38.1 Å². The predicted molar refractivity (Wildman–Crippen MR) is 142 cm³/mol. The van der Waals surface area contributed by atoms with Crippen molar-refractivity contribution in [2.75, 3.05) is 10.6 Å². The van der Waals surface area contributed by atoms with Crippen LogP contribution in [0.15, 0.2) is 72.8 Å². The fourth-order valence-electron chi connectivity index (χ4n) is 4.81. The average Bonchev–Trinajstić information content (AvgIpc) is 2.84. The van der Waals surface area contributed by atoms with Gasteiger partial charge in [-0.15, -0.1) is 0 Å². The standard InChI is InChI=1S/C31H28N2O2/c1-18-9-11-22(20(3)15-18)17-32-26-13-14-27(33-25-12-10-19(2)16-21(25)4)29-28(26)30(34)23-7-5-6-8-24(23)31(29)35/h5-16,32-33H,17H2,1-4H3. The zero-order valence-corrected chi connectivity index (χ0v) is 20.5. The molecule has 0 amide bonds. The summed E-state index contributed by atoms with van der Waals surface area (Å²) >= 11 is 0. The van der Waals surface area contributed by atoms with Crippen molar-refractivity contribution < 1.29 is 9.59 Å². The second-order valence-electron chi connectivity index (χ2n) is 9.34. The van der Waals surface area contributed by atoms with Gasteiger partial charge < -0.3 is 10.6 Å². The Kier molecular flexibility index (Phi) is 5.73. The number of rotatable bonds is 5. The van der Waals surface area contributed by atoms with E-state index < -0.39 is 0 Å².